The van der Waals surface area contributed by atoms with Crippen molar-refractivity contribution in [1.82, 2.24) is 4.90 Å². The molecule has 0 aliphatic carbocycles. The van der Waals surface area contributed by atoms with Crippen LogP contribution in [0.15, 0.2) is 24.3 Å². The van der Waals surface area contributed by atoms with Crippen LogP contribution in [0.25, 0.3) is 0 Å². The van der Waals surface area contributed by atoms with Gasteiger partial charge in [0.2, 0.25) is 0 Å². The first kappa shape index (κ1) is 13.1. The average Bonchev–Trinajstić information content (AvgIpc) is 2.47. The zero-order valence-electron chi connectivity index (χ0n) is 11.1. The number of benzene rings is 1. The van der Waals surface area contributed by atoms with Gasteiger partial charge in [0.25, 0.3) is 5.91 Å². The van der Waals surface area contributed by atoms with Crippen molar-refractivity contribution in [3.63, 3.8) is 0 Å². The molecule has 1 fully saturated rings. The lowest BCUT2D eigenvalue weighted by Crippen LogP contribution is -2.38. The fourth-order valence-corrected chi connectivity index (χ4v) is 2.51. The first-order chi connectivity index (χ1) is 8.74. The molecule has 1 aromatic rings. The van der Waals surface area contributed by atoms with Gasteiger partial charge in [-0.05, 0) is 36.5 Å². The molecule has 1 aliphatic rings. The SMILES string of the molecule is CCC1CCN(C(=O)c2ccc(CN)cc2)CC1. The van der Waals surface area contributed by atoms with E-state index in [0.717, 1.165) is 43.0 Å². The van der Waals surface area contributed by atoms with Crippen molar-refractivity contribution in [2.24, 2.45) is 11.7 Å². The third-order valence-corrected chi connectivity index (χ3v) is 3.92. The predicted molar refractivity (Wildman–Crippen MR) is 73.3 cm³/mol. The normalized spacial score (nSPS) is 16.9. The maximum absolute atomic E-state index is 12.3. The molecule has 0 atom stereocenters. The highest BCUT2D eigenvalue weighted by molar-refractivity contribution is 5.94. The highest BCUT2D eigenvalue weighted by Crippen LogP contribution is 2.21. The van der Waals surface area contributed by atoms with Gasteiger partial charge in [-0.1, -0.05) is 25.5 Å². The minimum atomic E-state index is 0.160. The summed E-state index contributed by atoms with van der Waals surface area (Å²) in [5.74, 6) is 0.960. The van der Waals surface area contributed by atoms with Crippen LogP contribution in [0.1, 0.15) is 42.1 Å². The van der Waals surface area contributed by atoms with Crippen molar-refractivity contribution in [2.45, 2.75) is 32.7 Å². The number of likely N-dealkylation sites (tertiary alicyclic amines) is 1. The van der Waals surface area contributed by atoms with Gasteiger partial charge in [-0.25, -0.2) is 0 Å². The van der Waals surface area contributed by atoms with E-state index in [1.54, 1.807) is 0 Å². The molecule has 0 aromatic heterocycles. The fourth-order valence-electron chi connectivity index (χ4n) is 2.51. The lowest BCUT2D eigenvalue weighted by atomic mass is 9.94. The highest BCUT2D eigenvalue weighted by atomic mass is 16.2. The van der Waals surface area contributed by atoms with E-state index >= 15 is 0 Å². The molecular formula is C15H22N2O. The number of piperidine rings is 1. The molecular weight excluding hydrogens is 224 g/mol. The lowest BCUT2D eigenvalue weighted by molar-refractivity contribution is 0.0689. The molecule has 0 radical (unpaired) electrons. The Morgan fingerprint density at radius 1 is 1.28 bits per heavy atom. The molecule has 0 spiro atoms. The van der Waals surface area contributed by atoms with E-state index in [0.29, 0.717) is 6.54 Å². The highest BCUT2D eigenvalue weighted by Gasteiger charge is 2.22. The molecule has 1 amide bonds. The van der Waals surface area contributed by atoms with Crippen LogP contribution in [0.3, 0.4) is 0 Å². The molecule has 2 rings (SSSR count). The Balaban J connectivity index is 1.98. The largest absolute Gasteiger partial charge is 0.339 e. The van der Waals surface area contributed by atoms with Gasteiger partial charge in [-0.15, -0.1) is 0 Å². The summed E-state index contributed by atoms with van der Waals surface area (Å²) >= 11 is 0. The van der Waals surface area contributed by atoms with Crippen LogP contribution in [0.5, 0.6) is 0 Å². The summed E-state index contributed by atoms with van der Waals surface area (Å²) in [5.41, 5.74) is 7.40. The van der Waals surface area contributed by atoms with E-state index in [1.807, 2.05) is 29.2 Å². The van der Waals surface area contributed by atoms with E-state index in [1.165, 1.54) is 6.42 Å². The van der Waals surface area contributed by atoms with Crippen molar-refractivity contribution >= 4 is 5.91 Å². The molecule has 18 heavy (non-hydrogen) atoms. The molecule has 1 aliphatic heterocycles. The number of nitrogens with two attached hydrogens (primary N) is 1. The summed E-state index contributed by atoms with van der Waals surface area (Å²) in [6, 6.07) is 7.64. The Morgan fingerprint density at radius 3 is 2.39 bits per heavy atom. The maximum atomic E-state index is 12.3. The van der Waals surface area contributed by atoms with Gasteiger partial charge in [-0.2, -0.15) is 0 Å². The second kappa shape index (κ2) is 6.01. The molecule has 0 bridgehead atoms. The second-order valence-corrected chi connectivity index (χ2v) is 5.04. The monoisotopic (exact) mass is 246 g/mol. The predicted octanol–water partition coefficient (Wildman–Crippen LogP) is 2.41. The van der Waals surface area contributed by atoms with Crippen LogP contribution in [0.2, 0.25) is 0 Å². The zero-order chi connectivity index (χ0) is 13.0. The number of hydrogen-bond donors (Lipinski definition) is 1. The summed E-state index contributed by atoms with van der Waals surface area (Å²) in [6.07, 6.45) is 3.51. The molecule has 3 heteroatoms. The molecule has 3 nitrogen and oxygen atoms in total. The van der Waals surface area contributed by atoms with Gasteiger partial charge in [0.05, 0.1) is 0 Å². The lowest BCUT2D eigenvalue weighted by Gasteiger charge is -2.31. The third-order valence-electron chi connectivity index (χ3n) is 3.92. The van der Waals surface area contributed by atoms with Gasteiger partial charge >= 0.3 is 0 Å². The summed E-state index contributed by atoms with van der Waals surface area (Å²) in [6.45, 7) is 4.55. The zero-order valence-corrected chi connectivity index (χ0v) is 11.1. The Kier molecular flexibility index (Phi) is 4.37. The van der Waals surface area contributed by atoms with E-state index in [-0.39, 0.29) is 5.91 Å². The molecule has 98 valence electrons. The Hall–Kier alpha value is -1.35. The van der Waals surface area contributed by atoms with Crippen LogP contribution in [0, 0.1) is 5.92 Å². The maximum Gasteiger partial charge on any atom is 0.253 e. The number of carbonyl (C=O) groups excluding carboxylic acids is 1. The Bertz CT molecular complexity index is 391. The van der Waals surface area contributed by atoms with E-state index in [2.05, 4.69) is 6.92 Å². The molecule has 2 N–H and O–H groups in total. The van der Waals surface area contributed by atoms with Crippen LogP contribution in [-0.4, -0.2) is 23.9 Å². The minimum Gasteiger partial charge on any atom is -0.339 e. The average molecular weight is 246 g/mol. The number of rotatable bonds is 3. The first-order valence-electron chi connectivity index (χ1n) is 6.83. The number of amides is 1. The number of hydrogen-bond acceptors (Lipinski definition) is 2. The van der Waals surface area contributed by atoms with Gasteiger partial charge < -0.3 is 10.6 Å². The smallest absolute Gasteiger partial charge is 0.253 e. The summed E-state index contributed by atoms with van der Waals surface area (Å²) < 4.78 is 0. The summed E-state index contributed by atoms with van der Waals surface area (Å²) in [4.78, 5) is 14.3. The Morgan fingerprint density at radius 2 is 1.89 bits per heavy atom. The quantitative estimate of drug-likeness (QED) is 0.890. The molecule has 1 heterocycles. The molecule has 0 saturated carbocycles. The standard InChI is InChI=1S/C15H22N2O/c1-2-12-7-9-17(10-8-12)15(18)14-5-3-13(11-16)4-6-14/h3-6,12H,2,7-11,16H2,1H3. The molecule has 1 aromatic carbocycles. The van der Waals surface area contributed by atoms with Crippen LogP contribution >= 0.6 is 0 Å². The van der Waals surface area contributed by atoms with Crippen molar-refractivity contribution in [3.05, 3.63) is 35.4 Å². The van der Waals surface area contributed by atoms with E-state index < -0.39 is 0 Å². The van der Waals surface area contributed by atoms with Gasteiger partial charge in [0, 0.05) is 25.2 Å². The van der Waals surface area contributed by atoms with Crippen molar-refractivity contribution in [3.8, 4) is 0 Å². The third kappa shape index (κ3) is 2.91. The van der Waals surface area contributed by atoms with Gasteiger partial charge in [-0.3, -0.25) is 4.79 Å². The topological polar surface area (TPSA) is 46.3 Å². The van der Waals surface area contributed by atoms with E-state index in [4.69, 9.17) is 5.73 Å². The number of carbonyl (C=O) groups is 1. The first-order valence-corrected chi connectivity index (χ1v) is 6.83. The van der Waals surface area contributed by atoms with Crippen molar-refractivity contribution < 1.29 is 4.79 Å². The van der Waals surface area contributed by atoms with Crippen LogP contribution in [-0.2, 0) is 6.54 Å². The minimum absolute atomic E-state index is 0.160. The second-order valence-electron chi connectivity index (χ2n) is 5.04. The van der Waals surface area contributed by atoms with Crippen molar-refractivity contribution in [2.75, 3.05) is 13.1 Å². The van der Waals surface area contributed by atoms with Gasteiger partial charge in [0.15, 0.2) is 0 Å². The Labute approximate surface area is 109 Å². The molecule has 1 saturated heterocycles. The van der Waals surface area contributed by atoms with E-state index in [9.17, 15) is 4.79 Å². The fraction of sp³-hybridized carbons (Fsp3) is 0.533. The number of nitrogens with zero attached hydrogens (tertiary/aromatic N) is 1. The van der Waals surface area contributed by atoms with Gasteiger partial charge in [0.1, 0.15) is 0 Å². The summed E-state index contributed by atoms with van der Waals surface area (Å²) in [7, 11) is 0. The molecule has 0 unspecified atom stereocenters. The van der Waals surface area contributed by atoms with Crippen LogP contribution in [0.4, 0.5) is 0 Å². The van der Waals surface area contributed by atoms with Crippen LogP contribution < -0.4 is 5.73 Å². The summed E-state index contributed by atoms with van der Waals surface area (Å²) in [5, 5.41) is 0. The van der Waals surface area contributed by atoms with Crippen molar-refractivity contribution in [1.29, 1.82) is 0 Å².